The van der Waals surface area contributed by atoms with Crippen molar-refractivity contribution in [3.8, 4) is 0 Å². The van der Waals surface area contributed by atoms with E-state index in [1.165, 1.54) is 5.52 Å². The lowest BCUT2D eigenvalue weighted by atomic mass is 9.95. The van der Waals surface area contributed by atoms with Gasteiger partial charge in [-0.05, 0) is 30.5 Å². The van der Waals surface area contributed by atoms with E-state index < -0.39 is 0 Å². The summed E-state index contributed by atoms with van der Waals surface area (Å²) in [5.74, 6) is 1.95. The van der Waals surface area contributed by atoms with Gasteiger partial charge in [0.05, 0.1) is 11.0 Å². The summed E-state index contributed by atoms with van der Waals surface area (Å²) in [6.45, 7) is 8.26. The van der Waals surface area contributed by atoms with Gasteiger partial charge in [0.1, 0.15) is 5.82 Å². The Kier molecular flexibility index (Phi) is 4.63. The van der Waals surface area contributed by atoms with Gasteiger partial charge in [0.15, 0.2) is 0 Å². The van der Waals surface area contributed by atoms with E-state index in [1.807, 2.05) is 0 Å². The lowest BCUT2D eigenvalue weighted by Gasteiger charge is -2.20. The largest absolute Gasteiger partial charge is 0.330 e. The average molecular weight is 324 g/mol. The SMILES string of the molecule is CCCn1c(C(CN)C(C)C)nc2cc(Br)ccc21. The predicted molar refractivity (Wildman–Crippen MR) is 84.4 cm³/mol. The van der Waals surface area contributed by atoms with Crippen molar-refractivity contribution in [2.45, 2.75) is 39.7 Å². The summed E-state index contributed by atoms with van der Waals surface area (Å²) in [6, 6.07) is 6.30. The third kappa shape index (κ3) is 2.84. The van der Waals surface area contributed by atoms with Crippen molar-refractivity contribution in [1.82, 2.24) is 9.55 Å². The molecule has 1 heterocycles. The number of fused-ring (bicyclic) bond motifs is 1. The van der Waals surface area contributed by atoms with Gasteiger partial charge in [-0.25, -0.2) is 4.98 Å². The number of nitrogens with two attached hydrogens (primary N) is 1. The summed E-state index contributed by atoms with van der Waals surface area (Å²) in [5, 5.41) is 0. The Morgan fingerprint density at radius 3 is 2.68 bits per heavy atom. The molecule has 1 aromatic heterocycles. The first-order chi connectivity index (χ1) is 9.08. The topological polar surface area (TPSA) is 43.8 Å². The van der Waals surface area contributed by atoms with Gasteiger partial charge in [0.25, 0.3) is 0 Å². The maximum Gasteiger partial charge on any atom is 0.114 e. The van der Waals surface area contributed by atoms with E-state index in [4.69, 9.17) is 10.7 Å². The molecule has 0 aliphatic carbocycles. The summed E-state index contributed by atoms with van der Waals surface area (Å²) in [7, 11) is 0. The van der Waals surface area contributed by atoms with Crippen molar-refractivity contribution in [1.29, 1.82) is 0 Å². The summed E-state index contributed by atoms with van der Waals surface area (Å²) < 4.78 is 3.40. The second-order valence-electron chi connectivity index (χ2n) is 5.34. The minimum atomic E-state index is 0.317. The van der Waals surface area contributed by atoms with Crippen LogP contribution in [0.5, 0.6) is 0 Å². The molecule has 19 heavy (non-hydrogen) atoms. The second kappa shape index (κ2) is 6.06. The molecule has 2 N–H and O–H groups in total. The lowest BCUT2D eigenvalue weighted by molar-refractivity contribution is 0.462. The minimum absolute atomic E-state index is 0.317. The highest BCUT2D eigenvalue weighted by molar-refractivity contribution is 9.10. The quantitative estimate of drug-likeness (QED) is 0.906. The fraction of sp³-hybridized carbons (Fsp3) is 0.533. The Hall–Kier alpha value is -0.870. The zero-order valence-electron chi connectivity index (χ0n) is 11.9. The summed E-state index contributed by atoms with van der Waals surface area (Å²) in [6.07, 6.45) is 1.10. The first kappa shape index (κ1) is 14.5. The standard InChI is InChI=1S/C15H22BrN3/c1-4-7-19-14-6-5-11(16)8-13(14)18-15(19)12(9-17)10(2)3/h5-6,8,10,12H,4,7,9,17H2,1-3H3. The molecule has 3 nitrogen and oxygen atoms in total. The maximum atomic E-state index is 5.96. The van der Waals surface area contributed by atoms with Gasteiger partial charge >= 0.3 is 0 Å². The van der Waals surface area contributed by atoms with E-state index in [9.17, 15) is 0 Å². The van der Waals surface area contributed by atoms with Crippen molar-refractivity contribution >= 4 is 27.0 Å². The summed E-state index contributed by atoms with van der Waals surface area (Å²) in [4.78, 5) is 4.84. The zero-order valence-corrected chi connectivity index (χ0v) is 13.4. The number of hydrogen-bond acceptors (Lipinski definition) is 2. The van der Waals surface area contributed by atoms with Crippen LogP contribution >= 0.6 is 15.9 Å². The van der Waals surface area contributed by atoms with Crippen molar-refractivity contribution < 1.29 is 0 Å². The molecule has 0 aliphatic heterocycles. The van der Waals surface area contributed by atoms with Crippen molar-refractivity contribution in [2.75, 3.05) is 6.54 Å². The molecule has 0 amide bonds. The van der Waals surface area contributed by atoms with Crippen molar-refractivity contribution in [2.24, 2.45) is 11.7 Å². The van der Waals surface area contributed by atoms with E-state index in [2.05, 4.69) is 59.5 Å². The summed E-state index contributed by atoms with van der Waals surface area (Å²) in [5.41, 5.74) is 8.22. The molecule has 2 rings (SSSR count). The molecule has 0 radical (unpaired) electrons. The molecular weight excluding hydrogens is 302 g/mol. The number of imidazole rings is 1. The summed E-state index contributed by atoms with van der Waals surface area (Å²) >= 11 is 3.51. The van der Waals surface area contributed by atoms with Gasteiger partial charge in [0.2, 0.25) is 0 Å². The molecule has 0 saturated carbocycles. The number of benzene rings is 1. The van der Waals surface area contributed by atoms with Gasteiger partial charge < -0.3 is 10.3 Å². The fourth-order valence-corrected chi connectivity index (χ4v) is 2.89. The van der Waals surface area contributed by atoms with Crippen molar-refractivity contribution in [3.05, 3.63) is 28.5 Å². The van der Waals surface area contributed by atoms with Crippen LogP contribution in [0, 0.1) is 5.92 Å². The van der Waals surface area contributed by atoms with Crippen LogP contribution in [0.15, 0.2) is 22.7 Å². The Morgan fingerprint density at radius 1 is 1.37 bits per heavy atom. The van der Waals surface area contributed by atoms with Gasteiger partial charge in [-0.3, -0.25) is 0 Å². The highest BCUT2D eigenvalue weighted by Gasteiger charge is 2.21. The third-order valence-electron chi connectivity index (χ3n) is 3.58. The minimum Gasteiger partial charge on any atom is -0.330 e. The normalized spacial score (nSPS) is 13.4. The molecule has 0 spiro atoms. The zero-order chi connectivity index (χ0) is 14.0. The van der Waals surface area contributed by atoms with Crippen LogP contribution in [-0.4, -0.2) is 16.1 Å². The molecule has 0 aliphatic rings. The number of hydrogen-bond donors (Lipinski definition) is 1. The number of halogens is 1. The van der Waals surface area contributed by atoms with Crippen LogP contribution in [0.4, 0.5) is 0 Å². The van der Waals surface area contributed by atoms with E-state index >= 15 is 0 Å². The Morgan fingerprint density at radius 2 is 2.11 bits per heavy atom. The van der Waals surface area contributed by atoms with Crippen LogP contribution < -0.4 is 5.73 Å². The third-order valence-corrected chi connectivity index (χ3v) is 4.07. The number of aromatic nitrogens is 2. The number of aryl methyl sites for hydroxylation is 1. The van der Waals surface area contributed by atoms with Crippen LogP contribution in [0.3, 0.4) is 0 Å². The average Bonchev–Trinajstić information content (AvgIpc) is 2.68. The van der Waals surface area contributed by atoms with Crippen LogP contribution in [0.2, 0.25) is 0 Å². The first-order valence-electron chi connectivity index (χ1n) is 6.94. The first-order valence-corrected chi connectivity index (χ1v) is 7.73. The molecular formula is C15H22BrN3. The van der Waals surface area contributed by atoms with Gasteiger partial charge in [0, 0.05) is 23.5 Å². The molecule has 104 valence electrons. The van der Waals surface area contributed by atoms with E-state index in [-0.39, 0.29) is 0 Å². The molecule has 2 aromatic rings. The fourth-order valence-electron chi connectivity index (χ4n) is 2.54. The lowest BCUT2D eigenvalue weighted by Crippen LogP contribution is -2.22. The highest BCUT2D eigenvalue weighted by Crippen LogP contribution is 2.28. The van der Waals surface area contributed by atoms with Crippen molar-refractivity contribution in [3.63, 3.8) is 0 Å². The predicted octanol–water partition coefficient (Wildman–Crippen LogP) is 3.91. The highest BCUT2D eigenvalue weighted by atomic mass is 79.9. The van der Waals surface area contributed by atoms with Crippen LogP contribution in [-0.2, 0) is 6.54 Å². The number of rotatable bonds is 5. The van der Waals surface area contributed by atoms with Gasteiger partial charge in [-0.2, -0.15) is 0 Å². The molecule has 0 bridgehead atoms. The Balaban J connectivity index is 2.61. The Labute approximate surface area is 123 Å². The van der Waals surface area contributed by atoms with E-state index in [0.29, 0.717) is 18.4 Å². The molecule has 4 heteroatoms. The number of nitrogens with zero attached hydrogens (tertiary/aromatic N) is 2. The molecule has 0 fully saturated rings. The Bertz CT molecular complexity index is 560. The molecule has 0 saturated heterocycles. The van der Waals surface area contributed by atoms with Crippen LogP contribution in [0.25, 0.3) is 11.0 Å². The monoisotopic (exact) mass is 323 g/mol. The smallest absolute Gasteiger partial charge is 0.114 e. The van der Waals surface area contributed by atoms with Crippen LogP contribution in [0.1, 0.15) is 38.9 Å². The molecule has 1 unspecified atom stereocenters. The van der Waals surface area contributed by atoms with Gasteiger partial charge in [-0.15, -0.1) is 0 Å². The molecule has 1 aromatic carbocycles. The second-order valence-corrected chi connectivity index (χ2v) is 6.26. The van der Waals surface area contributed by atoms with Gasteiger partial charge in [-0.1, -0.05) is 36.7 Å². The molecule has 1 atom stereocenters. The van der Waals surface area contributed by atoms with E-state index in [1.54, 1.807) is 0 Å². The van der Waals surface area contributed by atoms with E-state index in [0.717, 1.165) is 28.8 Å². The maximum absolute atomic E-state index is 5.96.